The molecule has 3 saturated heterocycles. The molecule has 4 rings (SSSR count). The molecule has 11 nitrogen and oxygen atoms in total. The Morgan fingerprint density at radius 2 is 1.91 bits per heavy atom. The zero-order chi connectivity index (χ0) is 23.2. The molecular formula is C20H24N5NaO6S. The van der Waals surface area contributed by atoms with Crippen molar-refractivity contribution in [2.45, 2.75) is 42.1 Å². The van der Waals surface area contributed by atoms with Gasteiger partial charge in [0.1, 0.15) is 23.5 Å². The molecular weight excluding hydrogens is 461 g/mol. The summed E-state index contributed by atoms with van der Waals surface area (Å²) in [4.78, 5) is 64.2. The molecule has 0 bridgehead atoms. The van der Waals surface area contributed by atoms with E-state index in [1.165, 1.54) is 16.7 Å². The van der Waals surface area contributed by atoms with Crippen LogP contribution in [0.2, 0.25) is 0 Å². The van der Waals surface area contributed by atoms with Crippen LogP contribution in [0, 0.1) is 0 Å². The van der Waals surface area contributed by atoms with Crippen LogP contribution in [0.15, 0.2) is 30.3 Å². The number of benzene rings is 1. The van der Waals surface area contributed by atoms with Crippen LogP contribution in [-0.4, -0.2) is 80.0 Å². The number of carbonyl (C=O) groups excluding carboxylic acids is 4. The second-order valence-corrected chi connectivity index (χ2v) is 10.0. The Kier molecular flexibility index (Phi) is 7.32. The van der Waals surface area contributed by atoms with Crippen molar-refractivity contribution in [3.63, 3.8) is 0 Å². The minimum Gasteiger partial charge on any atom is -1.00 e. The second kappa shape index (κ2) is 9.53. The maximum atomic E-state index is 13.1. The summed E-state index contributed by atoms with van der Waals surface area (Å²) in [5.41, 5.74) is 0.476. The molecule has 1 aromatic rings. The molecule has 0 radical (unpaired) electrons. The third kappa shape index (κ3) is 4.57. The molecule has 3 aliphatic heterocycles. The van der Waals surface area contributed by atoms with Gasteiger partial charge in [0.15, 0.2) is 0 Å². The van der Waals surface area contributed by atoms with Crippen molar-refractivity contribution < 1.29 is 60.1 Å². The maximum absolute atomic E-state index is 13.1. The van der Waals surface area contributed by atoms with Gasteiger partial charge in [0, 0.05) is 17.8 Å². The van der Waals surface area contributed by atoms with Gasteiger partial charge in [-0.3, -0.25) is 9.59 Å². The van der Waals surface area contributed by atoms with Gasteiger partial charge in [-0.1, -0.05) is 30.3 Å². The SMILES string of the molecule is CC1(C)SC2C(NC(=O)C(NC(=O)N3CCNC3=O)c3ccccc3)C(=O)N2C1C(=O)O.[H-].[Na+]. The van der Waals surface area contributed by atoms with E-state index in [2.05, 4.69) is 16.0 Å². The van der Waals surface area contributed by atoms with Gasteiger partial charge in [-0.15, -0.1) is 11.8 Å². The zero-order valence-corrected chi connectivity index (χ0v) is 21.2. The van der Waals surface area contributed by atoms with Gasteiger partial charge in [-0.2, -0.15) is 0 Å². The fraction of sp³-hybridized carbons (Fsp3) is 0.450. The number of hydrogen-bond donors (Lipinski definition) is 4. The molecule has 0 saturated carbocycles. The Labute approximate surface area is 217 Å². The Bertz CT molecular complexity index is 999. The number of hydrogen-bond acceptors (Lipinski definition) is 6. The predicted octanol–water partition coefficient (Wildman–Crippen LogP) is -2.79. The van der Waals surface area contributed by atoms with E-state index < -0.39 is 58.1 Å². The first-order valence-corrected chi connectivity index (χ1v) is 10.9. The van der Waals surface area contributed by atoms with E-state index in [-0.39, 0.29) is 37.5 Å². The van der Waals surface area contributed by atoms with Crippen LogP contribution < -0.4 is 45.5 Å². The van der Waals surface area contributed by atoms with Crippen LogP contribution in [0.25, 0.3) is 0 Å². The van der Waals surface area contributed by atoms with E-state index in [0.29, 0.717) is 12.1 Å². The molecule has 13 heteroatoms. The largest absolute Gasteiger partial charge is 1.00 e. The summed E-state index contributed by atoms with van der Waals surface area (Å²) in [6.07, 6.45) is 0. The molecule has 3 aliphatic rings. The molecule has 6 amide bonds. The molecule has 4 atom stereocenters. The van der Waals surface area contributed by atoms with Crippen LogP contribution in [0.5, 0.6) is 0 Å². The summed E-state index contributed by atoms with van der Waals surface area (Å²) >= 11 is 1.31. The monoisotopic (exact) mass is 485 g/mol. The van der Waals surface area contributed by atoms with Crippen molar-refractivity contribution >= 4 is 41.6 Å². The van der Waals surface area contributed by atoms with Gasteiger partial charge in [0.05, 0.1) is 0 Å². The number of amides is 6. The van der Waals surface area contributed by atoms with Crippen molar-refractivity contribution in [1.82, 2.24) is 25.8 Å². The molecule has 1 aromatic carbocycles. The second-order valence-electron chi connectivity index (χ2n) is 8.26. The van der Waals surface area contributed by atoms with Crippen molar-refractivity contribution in [1.29, 1.82) is 0 Å². The van der Waals surface area contributed by atoms with Gasteiger partial charge in [-0.25, -0.2) is 19.3 Å². The molecule has 3 fully saturated rings. The van der Waals surface area contributed by atoms with Crippen molar-refractivity contribution in [3.8, 4) is 0 Å². The number of β-lactam (4-membered cyclic amide) rings is 1. The fourth-order valence-corrected chi connectivity index (χ4v) is 5.82. The molecule has 0 aromatic heterocycles. The Balaban J connectivity index is 0.00000204. The first-order chi connectivity index (χ1) is 15.1. The standard InChI is InChI=1S/C20H23N5O6S.Na.H/c1-20(2)13(17(28)29)25-15(27)12(16(25)32-20)22-14(26)11(10-6-4-3-5-7-10)23-19(31)24-9-8-21-18(24)30;;/h3-7,11-13,16H,8-9H2,1-2H3,(H,21,30)(H,22,26)(H,23,31)(H,28,29);;/q;+1;-1. The summed E-state index contributed by atoms with van der Waals surface area (Å²) in [7, 11) is 0. The summed E-state index contributed by atoms with van der Waals surface area (Å²) in [6, 6.07) is 4.14. The van der Waals surface area contributed by atoms with Gasteiger partial charge >= 0.3 is 47.6 Å². The maximum Gasteiger partial charge on any atom is 1.00 e. The normalized spacial score (nSPS) is 25.8. The Hall–Kier alpha value is -2.28. The Morgan fingerprint density at radius 1 is 1.24 bits per heavy atom. The van der Waals surface area contributed by atoms with E-state index in [0.717, 1.165) is 4.90 Å². The van der Waals surface area contributed by atoms with Gasteiger partial charge in [0.25, 0.3) is 0 Å². The third-order valence-corrected chi connectivity index (χ3v) is 7.31. The first kappa shape index (κ1) is 25.3. The Morgan fingerprint density at radius 3 is 2.48 bits per heavy atom. The molecule has 172 valence electrons. The van der Waals surface area contributed by atoms with Crippen molar-refractivity contribution in [3.05, 3.63) is 35.9 Å². The van der Waals surface area contributed by atoms with E-state index in [1.807, 2.05) is 0 Å². The molecule has 4 N–H and O–H groups in total. The minimum atomic E-state index is -1.14. The molecule has 3 heterocycles. The number of nitrogens with zero attached hydrogens (tertiary/aromatic N) is 2. The average Bonchev–Trinajstić information content (AvgIpc) is 3.29. The summed E-state index contributed by atoms with van der Waals surface area (Å²) in [5.74, 6) is -2.20. The fourth-order valence-electron chi connectivity index (χ4n) is 4.19. The molecule has 4 unspecified atom stereocenters. The average molecular weight is 485 g/mol. The van der Waals surface area contributed by atoms with Gasteiger partial charge in [0.2, 0.25) is 11.8 Å². The molecule has 33 heavy (non-hydrogen) atoms. The smallest absolute Gasteiger partial charge is 1.00 e. The number of rotatable bonds is 5. The topological polar surface area (TPSA) is 148 Å². The number of urea groups is 2. The summed E-state index contributed by atoms with van der Waals surface area (Å²) < 4.78 is -0.720. The quantitative estimate of drug-likeness (QED) is 0.260. The van der Waals surface area contributed by atoms with Crippen LogP contribution in [0.3, 0.4) is 0 Å². The van der Waals surface area contributed by atoms with Gasteiger partial charge < -0.3 is 27.4 Å². The number of carboxylic acid groups (broad SMARTS) is 1. The summed E-state index contributed by atoms with van der Waals surface area (Å²) in [5, 5.41) is 16.8. The van der Waals surface area contributed by atoms with Crippen LogP contribution in [0.1, 0.15) is 26.9 Å². The molecule has 0 spiro atoms. The third-order valence-electron chi connectivity index (χ3n) is 5.74. The van der Waals surface area contributed by atoms with Crippen molar-refractivity contribution in [2.75, 3.05) is 13.1 Å². The van der Waals surface area contributed by atoms with E-state index >= 15 is 0 Å². The van der Waals surface area contributed by atoms with Crippen molar-refractivity contribution in [2.24, 2.45) is 0 Å². The number of carbonyl (C=O) groups is 5. The van der Waals surface area contributed by atoms with Gasteiger partial charge in [-0.05, 0) is 19.4 Å². The number of carboxylic acids is 1. The van der Waals surface area contributed by atoms with E-state index in [1.54, 1.807) is 44.2 Å². The van der Waals surface area contributed by atoms with E-state index in [4.69, 9.17) is 0 Å². The molecule has 0 aliphatic carbocycles. The van der Waals surface area contributed by atoms with E-state index in [9.17, 15) is 29.1 Å². The number of imide groups is 1. The summed E-state index contributed by atoms with van der Waals surface area (Å²) in [6.45, 7) is 3.98. The zero-order valence-electron chi connectivity index (χ0n) is 19.4. The minimum absolute atomic E-state index is 0. The number of fused-ring (bicyclic) bond motifs is 1. The van der Waals surface area contributed by atoms with Crippen LogP contribution >= 0.6 is 11.8 Å². The first-order valence-electron chi connectivity index (χ1n) is 10.1. The van der Waals surface area contributed by atoms with Crippen LogP contribution in [0.4, 0.5) is 9.59 Å². The number of thioether (sulfide) groups is 1. The van der Waals surface area contributed by atoms with Crippen LogP contribution in [-0.2, 0) is 14.4 Å². The number of aliphatic carboxylic acids is 1. The number of nitrogens with one attached hydrogen (secondary N) is 3. The predicted molar refractivity (Wildman–Crippen MR) is 115 cm³/mol.